The van der Waals surface area contributed by atoms with Gasteiger partial charge in [-0.05, 0) is 31.2 Å². The molecule has 0 aliphatic carbocycles. The Morgan fingerprint density at radius 2 is 2.00 bits per heavy atom. The van der Waals surface area contributed by atoms with Crippen molar-refractivity contribution in [3.8, 4) is 11.4 Å². The highest BCUT2D eigenvalue weighted by Crippen LogP contribution is 2.24. The van der Waals surface area contributed by atoms with Crippen LogP contribution in [0, 0.1) is 6.92 Å². The zero-order valence-electron chi connectivity index (χ0n) is 15.5. The van der Waals surface area contributed by atoms with Gasteiger partial charge in [-0.15, -0.1) is 0 Å². The van der Waals surface area contributed by atoms with Crippen LogP contribution in [0.3, 0.4) is 0 Å². The molecule has 2 amide bonds. The average Bonchev–Trinajstić information content (AvgIpc) is 3.29. The minimum atomic E-state index is -0.584. The van der Waals surface area contributed by atoms with Crippen LogP contribution in [0.25, 0.3) is 11.4 Å². The van der Waals surface area contributed by atoms with Gasteiger partial charge in [-0.3, -0.25) is 24.3 Å². The maximum atomic E-state index is 12.4. The molecule has 0 fully saturated rings. The van der Waals surface area contributed by atoms with Gasteiger partial charge in [0.05, 0.1) is 17.5 Å². The van der Waals surface area contributed by atoms with E-state index in [1.54, 1.807) is 42.7 Å². The molecule has 0 saturated carbocycles. The molecule has 146 valence electrons. The summed E-state index contributed by atoms with van der Waals surface area (Å²) in [4.78, 5) is 45.9. The molecule has 0 unspecified atom stereocenters. The summed E-state index contributed by atoms with van der Waals surface area (Å²) in [7, 11) is 0. The number of amides is 2. The number of carbonyl (C=O) groups is 3. The van der Waals surface area contributed by atoms with Crippen LogP contribution >= 0.6 is 0 Å². The molecule has 0 N–H and O–H groups in total. The van der Waals surface area contributed by atoms with Crippen LogP contribution in [0.1, 0.15) is 38.6 Å². The number of esters is 1. The maximum Gasteiger partial charge on any atom is 0.308 e. The van der Waals surface area contributed by atoms with Gasteiger partial charge in [0.1, 0.15) is 0 Å². The topological polar surface area (TPSA) is 115 Å². The van der Waals surface area contributed by atoms with Crippen molar-refractivity contribution in [2.75, 3.05) is 6.54 Å². The van der Waals surface area contributed by atoms with Crippen molar-refractivity contribution in [3.63, 3.8) is 0 Å². The summed E-state index contributed by atoms with van der Waals surface area (Å²) in [6, 6.07) is 8.58. The Balaban J connectivity index is 1.31. The summed E-state index contributed by atoms with van der Waals surface area (Å²) >= 11 is 0. The van der Waals surface area contributed by atoms with Crippen molar-refractivity contribution in [1.82, 2.24) is 20.0 Å². The molecule has 3 heterocycles. The standard InChI is InChI=1S/C20H16N4O5/c1-12-4-5-14-15(9-12)20(27)24(19(14)26)8-6-17(25)28-11-16-22-18(23-29-16)13-3-2-7-21-10-13/h2-5,7,9-10H,6,8,11H2,1H3. The van der Waals surface area contributed by atoms with E-state index in [9.17, 15) is 14.4 Å². The Morgan fingerprint density at radius 3 is 2.79 bits per heavy atom. The maximum absolute atomic E-state index is 12.4. The van der Waals surface area contributed by atoms with Crippen LogP contribution in [0.2, 0.25) is 0 Å². The molecule has 9 nitrogen and oxygen atoms in total. The van der Waals surface area contributed by atoms with Crippen molar-refractivity contribution >= 4 is 17.8 Å². The van der Waals surface area contributed by atoms with Gasteiger partial charge in [0.2, 0.25) is 5.82 Å². The van der Waals surface area contributed by atoms with E-state index in [4.69, 9.17) is 9.26 Å². The van der Waals surface area contributed by atoms with Crippen LogP contribution in [-0.4, -0.2) is 44.4 Å². The van der Waals surface area contributed by atoms with E-state index in [0.717, 1.165) is 10.5 Å². The van der Waals surface area contributed by atoms with Crippen molar-refractivity contribution in [3.05, 3.63) is 65.3 Å². The lowest BCUT2D eigenvalue weighted by atomic mass is 10.1. The Kier molecular flexibility index (Phi) is 4.86. The molecular formula is C20H16N4O5. The number of rotatable bonds is 6. The third kappa shape index (κ3) is 3.75. The fourth-order valence-corrected chi connectivity index (χ4v) is 2.95. The van der Waals surface area contributed by atoms with Gasteiger partial charge in [0.15, 0.2) is 6.61 Å². The molecule has 3 aromatic rings. The van der Waals surface area contributed by atoms with E-state index in [2.05, 4.69) is 15.1 Å². The number of imide groups is 1. The number of hydrogen-bond acceptors (Lipinski definition) is 8. The quantitative estimate of drug-likeness (QED) is 0.463. The van der Waals surface area contributed by atoms with Crippen LogP contribution < -0.4 is 0 Å². The van der Waals surface area contributed by atoms with E-state index < -0.39 is 17.8 Å². The fourth-order valence-electron chi connectivity index (χ4n) is 2.95. The number of fused-ring (bicyclic) bond motifs is 1. The second-order valence-corrected chi connectivity index (χ2v) is 6.48. The smallest absolute Gasteiger partial charge is 0.308 e. The van der Waals surface area contributed by atoms with E-state index >= 15 is 0 Å². The van der Waals surface area contributed by atoms with Crippen molar-refractivity contribution in [2.45, 2.75) is 20.0 Å². The van der Waals surface area contributed by atoms with Crippen LogP contribution in [-0.2, 0) is 16.1 Å². The number of ether oxygens (including phenoxy) is 1. The number of hydrogen-bond donors (Lipinski definition) is 0. The predicted octanol–water partition coefficient (Wildman–Crippen LogP) is 2.17. The molecule has 9 heteroatoms. The van der Waals surface area contributed by atoms with E-state index in [1.807, 2.05) is 6.92 Å². The number of pyridine rings is 1. The van der Waals surface area contributed by atoms with Gasteiger partial charge >= 0.3 is 5.97 Å². The molecule has 1 aromatic carbocycles. The fraction of sp³-hybridized carbons (Fsp3) is 0.200. The summed E-state index contributed by atoms with van der Waals surface area (Å²) in [6.45, 7) is 1.58. The van der Waals surface area contributed by atoms with E-state index in [0.29, 0.717) is 22.5 Å². The lowest BCUT2D eigenvalue weighted by Gasteiger charge is -2.12. The first kappa shape index (κ1) is 18.5. The number of nitrogens with zero attached hydrogens (tertiary/aromatic N) is 4. The SMILES string of the molecule is Cc1ccc2c(c1)C(=O)N(CCC(=O)OCc1nc(-c3cccnc3)no1)C2=O. The molecule has 1 aliphatic rings. The molecule has 0 saturated heterocycles. The molecule has 0 atom stereocenters. The largest absolute Gasteiger partial charge is 0.456 e. The Morgan fingerprint density at radius 1 is 1.17 bits per heavy atom. The number of aromatic nitrogens is 3. The van der Waals surface area contributed by atoms with Gasteiger partial charge in [0, 0.05) is 24.5 Å². The Bertz CT molecular complexity index is 1090. The van der Waals surface area contributed by atoms with Gasteiger partial charge in [-0.1, -0.05) is 16.8 Å². The van der Waals surface area contributed by atoms with Crippen molar-refractivity contribution in [1.29, 1.82) is 0 Å². The van der Waals surface area contributed by atoms with E-state index in [-0.39, 0.29) is 25.5 Å². The highest BCUT2D eigenvalue weighted by atomic mass is 16.6. The number of benzene rings is 1. The molecule has 0 bridgehead atoms. The highest BCUT2D eigenvalue weighted by Gasteiger charge is 2.35. The molecular weight excluding hydrogens is 376 g/mol. The molecule has 2 aromatic heterocycles. The van der Waals surface area contributed by atoms with Gasteiger partial charge in [-0.25, -0.2) is 0 Å². The van der Waals surface area contributed by atoms with Gasteiger partial charge < -0.3 is 9.26 Å². The zero-order valence-corrected chi connectivity index (χ0v) is 15.5. The van der Waals surface area contributed by atoms with E-state index in [1.165, 1.54) is 0 Å². The first-order valence-electron chi connectivity index (χ1n) is 8.88. The average molecular weight is 392 g/mol. The molecule has 0 spiro atoms. The Hall–Kier alpha value is -3.88. The van der Waals surface area contributed by atoms with Gasteiger partial charge in [-0.2, -0.15) is 4.98 Å². The summed E-state index contributed by atoms with van der Waals surface area (Å²) in [5.41, 5.74) is 2.27. The summed E-state index contributed by atoms with van der Waals surface area (Å²) in [5.74, 6) is -0.923. The first-order valence-corrected chi connectivity index (χ1v) is 8.88. The monoisotopic (exact) mass is 392 g/mol. The lowest BCUT2D eigenvalue weighted by Crippen LogP contribution is -2.32. The minimum Gasteiger partial charge on any atom is -0.456 e. The predicted molar refractivity (Wildman–Crippen MR) is 98.5 cm³/mol. The molecule has 0 radical (unpaired) electrons. The third-order valence-electron chi connectivity index (χ3n) is 4.41. The number of carbonyl (C=O) groups excluding carboxylic acids is 3. The normalized spacial score (nSPS) is 12.9. The minimum absolute atomic E-state index is 0.0605. The van der Waals surface area contributed by atoms with Gasteiger partial charge in [0.25, 0.3) is 17.7 Å². The second-order valence-electron chi connectivity index (χ2n) is 6.48. The first-order chi connectivity index (χ1) is 14.0. The van der Waals surface area contributed by atoms with Crippen LogP contribution in [0.5, 0.6) is 0 Å². The highest BCUT2D eigenvalue weighted by molar-refractivity contribution is 6.21. The van der Waals surface area contributed by atoms with Crippen molar-refractivity contribution in [2.24, 2.45) is 0 Å². The summed E-state index contributed by atoms with van der Waals surface area (Å²) < 4.78 is 10.2. The Labute approximate surface area is 165 Å². The molecule has 4 rings (SSSR count). The van der Waals surface area contributed by atoms with Crippen molar-refractivity contribution < 1.29 is 23.6 Å². The number of aryl methyl sites for hydroxylation is 1. The summed E-state index contributed by atoms with van der Waals surface area (Å²) in [5, 5.41) is 3.81. The second kappa shape index (κ2) is 7.63. The lowest BCUT2D eigenvalue weighted by molar-refractivity contribution is -0.145. The third-order valence-corrected chi connectivity index (χ3v) is 4.41. The molecule has 1 aliphatic heterocycles. The molecule has 29 heavy (non-hydrogen) atoms. The van der Waals surface area contributed by atoms with Crippen LogP contribution in [0.15, 0.2) is 47.2 Å². The van der Waals surface area contributed by atoms with Crippen LogP contribution in [0.4, 0.5) is 0 Å². The summed E-state index contributed by atoms with van der Waals surface area (Å²) in [6.07, 6.45) is 3.08. The zero-order chi connectivity index (χ0) is 20.4.